The zero-order chi connectivity index (χ0) is 20.7. The Hall–Kier alpha value is -3.06. The molecule has 7 heteroatoms. The number of rotatable bonds is 4. The second kappa shape index (κ2) is 7.65. The Morgan fingerprint density at radius 3 is 2.97 bits per heavy atom. The van der Waals surface area contributed by atoms with E-state index in [-0.39, 0.29) is 11.9 Å². The van der Waals surface area contributed by atoms with Crippen LogP contribution in [0.1, 0.15) is 25.0 Å². The summed E-state index contributed by atoms with van der Waals surface area (Å²) in [6.45, 7) is 7.26. The molecule has 0 saturated carbocycles. The maximum Gasteiger partial charge on any atom is 0.299 e. The molecule has 6 nitrogen and oxygen atoms in total. The summed E-state index contributed by atoms with van der Waals surface area (Å²) in [6, 6.07) is 10.3. The van der Waals surface area contributed by atoms with Gasteiger partial charge in [0.05, 0.1) is 18.4 Å². The van der Waals surface area contributed by atoms with Crippen molar-refractivity contribution in [1.82, 2.24) is 10.3 Å². The minimum absolute atomic E-state index is 0.243. The van der Waals surface area contributed by atoms with Crippen molar-refractivity contribution in [2.45, 2.75) is 32.9 Å². The number of halogens is 1. The SMILES string of the molecule is CC(C)N1CCOc2c(F)cc(-c3cnc(Nc4ccc5c(c4)CNCC5)o3)cc21. The van der Waals surface area contributed by atoms with Crippen LogP contribution in [-0.4, -0.2) is 30.7 Å². The van der Waals surface area contributed by atoms with Crippen LogP contribution in [0.3, 0.4) is 0 Å². The van der Waals surface area contributed by atoms with Gasteiger partial charge in [-0.05, 0) is 62.2 Å². The highest BCUT2D eigenvalue weighted by Crippen LogP contribution is 2.39. The molecule has 3 heterocycles. The van der Waals surface area contributed by atoms with Crippen LogP contribution in [0.15, 0.2) is 40.9 Å². The minimum Gasteiger partial charge on any atom is -0.486 e. The zero-order valence-electron chi connectivity index (χ0n) is 17.2. The first-order chi connectivity index (χ1) is 14.6. The van der Waals surface area contributed by atoms with Crippen LogP contribution < -0.4 is 20.3 Å². The van der Waals surface area contributed by atoms with Gasteiger partial charge < -0.3 is 24.7 Å². The van der Waals surface area contributed by atoms with E-state index in [9.17, 15) is 4.39 Å². The van der Waals surface area contributed by atoms with Crippen molar-refractivity contribution in [2.24, 2.45) is 0 Å². The summed E-state index contributed by atoms with van der Waals surface area (Å²) < 4.78 is 26.2. The van der Waals surface area contributed by atoms with E-state index in [1.54, 1.807) is 6.20 Å². The van der Waals surface area contributed by atoms with Crippen molar-refractivity contribution in [2.75, 3.05) is 29.9 Å². The Morgan fingerprint density at radius 2 is 2.10 bits per heavy atom. The number of hydrogen-bond acceptors (Lipinski definition) is 6. The van der Waals surface area contributed by atoms with Crippen LogP contribution in [0.25, 0.3) is 11.3 Å². The van der Waals surface area contributed by atoms with Crippen LogP contribution >= 0.6 is 0 Å². The lowest BCUT2D eigenvalue weighted by atomic mass is 10.0. The van der Waals surface area contributed by atoms with Crippen molar-refractivity contribution in [1.29, 1.82) is 0 Å². The molecule has 0 saturated heterocycles. The summed E-state index contributed by atoms with van der Waals surface area (Å²) in [4.78, 5) is 6.48. The molecule has 3 aromatic rings. The summed E-state index contributed by atoms with van der Waals surface area (Å²) in [5.74, 6) is 0.424. The molecule has 0 radical (unpaired) electrons. The third kappa shape index (κ3) is 3.50. The summed E-state index contributed by atoms with van der Waals surface area (Å²) in [6.07, 6.45) is 2.66. The monoisotopic (exact) mass is 408 g/mol. The molecule has 2 aromatic carbocycles. The first-order valence-corrected chi connectivity index (χ1v) is 10.4. The Morgan fingerprint density at radius 1 is 1.20 bits per heavy atom. The van der Waals surface area contributed by atoms with Crippen molar-refractivity contribution >= 4 is 17.4 Å². The zero-order valence-corrected chi connectivity index (χ0v) is 17.2. The van der Waals surface area contributed by atoms with E-state index >= 15 is 0 Å². The molecule has 0 atom stereocenters. The fraction of sp³-hybridized carbons (Fsp3) is 0.348. The molecule has 5 rings (SSSR count). The maximum atomic E-state index is 14.7. The maximum absolute atomic E-state index is 14.7. The molecule has 0 spiro atoms. The molecule has 0 bridgehead atoms. The Balaban J connectivity index is 1.42. The molecule has 0 amide bonds. The lowest BCUT2D eigenvalue weighted by Crippen LogP contribution is -2.38. The lowest BCUT2D eigenvalue weighted by Gasteiger charge is -2.34. The van der Waals surface area contributed by atoms with Crippen LogP contribution in [0, 0.1) is 5.82 Å². The molecule has 0 fully saturated rings. The predicted molar refractivity (Wildman–Crippen MR) is 115 cm³/mol. The fourth-order valence-corrected chi connectivity index (χ4v) is 4.13. The van der Waals surface area contributed by atoms with Gasteiger partial charge in [0.15, 0.2) is 17.3 Å². The van der Waals surface area contributed by atoms with Gasteiger partial charge in [0.25, 0.3) is 6.01 Å². The topological polar surface area (TPSA) is 62.6 Å². The van der Waals surface area contributed by atoms with Crippen molar-refractivity contribution in [3.8, 4) is 17.1 Å². The normalized spacial score (nSPS) is 15.5. The third-order valence-corrected chi connectivity index (χ3v) is 5.67. The van der Waals surface area contributed by atoms with Crippen LogP contribution in [-0.2, 0) is 13.0 Å². The molecule has 0 unspecified atom stereocenters. The lowest BCUT2D eigenvalue weighted by molar-refractivity contribution is 0.287. The molecule has 30 heavy (non-hydrogen) atoms. The molecule has 0 aliphatic carbocycles. The van der Waals surface area contributed by atoms with E-state index in [4.69, 9.17) is 9.15 Å². The number of ether oxygens (including phenoxy) is 1. The number of anilines is 3. The van der Waals surface area contributed by atoms with Crippen LogP contribution in [0.4, 0.5) is 21.8 Å². The number of nitrogens with one attached hydrogen (secondary N) is 2. The summed E-state index contributed by atoms with van der Waals surface area (Å²) in [5.41, 5.74) is 4.95. The predicted octanol–water partition coefficient (Wildman–Crippen LogP) is 4.48. The molecular weight excluding hydrogens is 383 g/mol. The van der Waals surface area contributed by atoms with Gasteiger partial charge in [-0.2, -0.15) is 0 Å². The average Bonchev–Trinajstić information content (AvgIpc) is 3.21. The largest absolute Gasteiger partial charge is 0.486 e. The highest BCUT2D eigenvalue weighted by molar-refractivity contribution is 5.72. The first kappa shape index (κ1) is 18.9. The molecule has 2 N–H and O–H groups in total. The minimum atomic E-state index is -0.388. The highest BCUT2D eigenvalue weighted by Gasteiger charge is 2.25. The first-order valence-electron chi connectivity index (χ1n) is 10.4. The standard InChI is InChI=1S/C23H25FN4O2/c1-14(2)28-7-8-29-22-19(24)10-16(11-20(22)28)21-13-26-23(30-21)27-18-4-3-15-5-6-25-12-17(15)9-18/h3-4,9-11,13-14,25H,5-8,12H2,1-2H3,(H,26,27). The number of fused-ring (bicyclic) bond motifs is 2. The third-order valence-electron chi connectivity index (χ3n) is 5.67. The van der Waals surface area contributed by atoms with Gasteiger partial charge in [-0.15, -0.1) is 0 Å². The van der Waals surface area contributed by atoms with Gasteiger partial charge in [-0.3, -0.25) is 0 Å². The van der Waals surface area contributed by atoms with Gasteiger partial charge in [-0.25, -0.2) is 9.37 Å². The van der Waals surface area contributed by atoms with Gasteiger partial charge in [0.1, 0.15) is 6.61 Å². The van der Waals surface area contributed by atoms with Crippen LogP contribution in [0.5, 0.6) is 5.75 Å². The molecule has 1 aromatic heterocycles. The quantitative estimate of drug-likeness (QED) is 0.664. The molecule has 2 aliphatic heterocycles. The smallest absolute Gasteiger partial charge is 0.299 e. The highest BCUT2D eigenvalue weighted by atomic mass is 19.1. The Labute approximate surface area is 175 Å². The summed E-state index contributed by atoms with van der Waals surface area (Å²) in [7, 11) is 0. The number of aromatic nitrogens is 1. The molecule has 2 aliphatic rings. The Bertz CT molecular complexity index is 1080. The second-order valence-electron chi connectivity index (χ2n) is 8.01. The van der Waals surface area contributed by atoms with E-state index in [1.165, 1.54) is 17.2 Å². The average molecular weight is 408 g/mol. The van der Waals surface area contributed by atoms with Gasteiger partial charge in [-0.1, -0.05) is 6.07 Å². The van der Waals surface area contributed by atoms with E-state index in [1.807, 2.05) is 12.1 Å². The summed E-state index contributed by atoms with van der Waals surface area (Å²) >= 11 is 0. The molecular formula is C23H25FN4O2. The fourth-order valence-electron chi connectivity index (χ4n) is 4.13. The molecule has 156 valence electrons. The van der Waals surface area contributed by atoms with Gasteiger partial charge in [0.2, 0.25) is 0 Å². The van der Waals surface area contributed by atoms with Crippen molar-refractivity contribution in [3.63, 3.8) is 0 Å². The van der Waals surface area contributed by atoms with Crippen LogP contribution in [0.2, 0.25) is 0 Å². The van der Waals surface area contributed by atoms with Gasteiger partial charge in [0, 0.05) is 23.8 Å². The number of oxazole rings is 1. The van der Waals surface area contributed by atoms with Crippen molar-refractivity contribution in [3.05, 3.63) is 53.5 Å². The van der Waals surface area contributed by atoms with Crippen molar-refractivity contribution < 1.29 is 13.5 Å². The Kier molecular flexibility index (Phi) is 4.83. The number of hydrogen-bond donors (Lipinski definition) is 2. The van der Waals surface area contributed by atoms with E-state index < -0.39 is 0 Å². The van der Waals surface area contributed by atoms with E-state index in [0.29, 0.717) is 29.7 Å². The number of nitrogens with zero attached hydrogens (tertiary/aromatic N) is 2. The van der Waals surface area contributed by atoms with Gasteiger partial charge >= 0.3 is 0 Å². The van der Waals surface area contributed by atoms with E-state index in [2.05, 4.69) is 46.5 Å². The van der Waals surface area contributed by atoms with E-state index in [0.717, 1.165) is 37.4 Å². The number of benzene rings is 2. The second-order valence-corrected chi connectivity index (χ2v) is 8.01. The summed E-state index contributed by atoms with van der Waals surface area (Å²) in [5, 5.41) is 6.60.